The first-order valence-electron chi connectivity index (χ1n) is 8.75. The molecule has 0 aliphatic rings. The molecule has 27 heavy (non-hydrogen) atoms. The molecule has 4 aromatic rings. The number of benzene rings is 1. The Labute approximate surface area is 157 Å². The van der Waals surface area contributed by atoms with E-state index in [2.05, 4.69) is 10.1 Å². The van der Waals surface area contributed by atoms with Gasteiger partial charge in [-0.3, -0.25) is 9.78 Å². The Balaban J connectivity index is 2.14. The molecule has 0 atom stereocenters. The summed E-state index contributed by atoms with van der Waals surface area (Å²) >= 11 is 0. The average Bonchev–Trinajstić information content (AvgIpc) is 2.99. The summed E-state index contributed by atoms with van der Waals surface area (Å²) < 4.78 is 5.38. The van der Waals surface area contributed by atoms with E-state index in [1.54, 1.807) is 19.3 Å². The fourth-order valence-corrected chi connectivity index (χ4v) is 3.46. The van der Waals surface area contributed by atoms with Crippen molar-refractivity contribution < 1.29 is 9.32 Å². The van der Waals surface area contributed by atoms with Crippen molar-refractivity contribution in [2.45, 2.75) is 27.7 Å². The monoisotopic (exact) mass is 357 g/mol. The molecular formula is C22H19N3O2. The zero-order chi connectivity index (χ0) is 19.1. The topological polar surface area (TPSA) is 68.9 Å². The van der Waals surface area contributed by atoms with Gasteiger partial charge in [0.05, 0.1) is 22.5 Å². The zero-order valence-electron chi connectivity index (χ0n) is 15.7. The van der Waals surface area contributed by atoms with Crippen molar-refractivity contribution in [2.75, 3.05) is 0 Å². The summed E-state index contributed by atoms with van der Waals surface area (Å²) in [6.45, 7) is 7.34. The number of pyridine rings is 2. The van der Waals surface area contributed by atoms with Gasteiger partial charge in [0.25, 0.3) is 0 Å². The van der Waals surface area contributed by atoms with Gasteiger partial charge in [0, 0.05) is 34.5 Å². The maximum absolute atomic E-state index is 12.2. The Kier molecular flexibility index (Phi) is 4.07. The molecule has 0 saturated carbocycles. The van der Waals surface area contributed by atoms with E-state index in [1.165, 1.54) is 0 Å². The Bertz CT molecular complexity index is 1160. The first kappa shape index (κ1) is 17.1. The van der Waals surface area contributed by atoms with E-state index in [0.29, 0.717) is 11.3 Å². The van der Waals surface area contributed by atoms with Crippen LogP contribution < -0.4 is 0 Å². The molecule has 3 aromatic heterocycles. The van der Waals surface area contributed by atoms with Gasteiger partial charge in [-0.1, -0.05) is 11.2 Å². The quantitative estimate of drug-likeness (QED) is 0.478. The van der Waals surface area contributed by atoms with Crippen molar-refractivity contribution in [3.8, 4) is 22.4 Å². The summed E-state index contributed by atoms with van der Waals surface area (Å²) in [6.07, 6.45) is 3.53. The SMILES string of the molecule is CC(=O)c1cc(C)cc2nc(-c3c(C)noc3C)c(-c3cccnc3)cc12. The highest BCUT2D eigenvalue weighted by molar-refractivity contribution is 6.08. The molecule has 0 spiro atoms. The van der Waals surface area contributed by atoms with E-state index < -0.39 is 0 Å². The predicted octanol–water partition coefficient (Wildman–Crippen LogP) is 5.08. The highest BCUT2D eigenvalue weighted by Gasteiger charge is 2.20. The molecule has 134 valence electrons. The second kappa shape index (κ2) is 6.43. The van der Waals surface area contributed by atoms with Gasteiger partial charge in [0.1, 0.15) is 5.76 Å². The highest BCUT2D eigenvalue weighted by Crippen LogP contribution is 2.37. The van der Waals surface area contributed by atoms with Crippen LogP contribution in [0.25, 0.3) is 33.3 Å². The van der Waals surface area contributed by atoms with Gasteiger partial charge in [-0.25, -0.2) is 4.98 Å². The number of ketones is 1. The zero-order valence-corrected chi connectivity index (χ0v) is 15.7. The number of hydrogen-bond donors (Lipinski definition) is 0. The van der Waals surface area contributed by atoms with Gasteiger partial charge in [-0.2, -0.15) is 0 Å². The summed E-state index contributed by atoms with van der Waals surface area (Å²) in [5.74, 6) is 0.733. The van der Waals surface area contributed by atoms with E-state index in [0.717, 1.165) is 44.5 Å². The summed E-state index contributed by atoms with van der Waals surface area (Å²) in [7, 11) is 0. The fourth-order valence-electron chi connectivity index (χ4n) is 3.46. The van der Waals surface area contributed by atoms with Gasteiger partial charge in [0.2, 0.25) is 0 Å². The van der Waals surface area contributed by atoms with Crippen LogP contribution in [0.5, 0.6) is 0 Å². The van der Waals surface area contributed by atoms with E-state index in [9.17, 15) is 4.79 Å². The lowest BCUT2D eigenvalue weighted by Gasteiger charge is -2.13. The summed E-state index contributed by atoms with van der Waals surface area (Å²) in [6, 6.07) is 9.80. The molecule has 0 radical (unpaired) electrons. The third kappa shape index (κ3) is 2.91. The van der Waals surface area contributed by atoms with Crippen molar-refractivity contribution in [1.82, 2.24) is 15.1 Å². The van der Waals surface area contributed by atoms with Crippen molar-refractivity contribution in [3.63, 3.8) is 0 Å². The van der Waals surface area contributed by atoms with Gasteiger partial charge in [0.15, 0.2) is 5.78 Å². The Morgan fingerprint density at radius 3 is 2.56 bits per heavy atom. The van der Waals surface area contributed by atoms with Crippen LogP contribution in [-0.2, 0) is 0 Å². The van der Waals surface area contributed by atoms with Crippen LogP contribution in [0.3, 0.4) is 0 Å². The van der Waals surface area contributed by atoms with Gasteiger partial charge < -0.3 is 4.52 Å². The maximum atomic E-state index is 12.2. The van der Waals surface area contributed by atoms with Crippen LogP contribution in [0.15, 0.2) is 47.2 Å². The molecule has 0 aliphatic heterocycles. The van der Waals surface area contributed by atoms with Crippen molar-refractivity contribution in [3.05, 3.63) is 65.3 Å². The minimum Gasteiger partial charge on any atom is -0.361 e. The molecule has 3 heterocycles. The van der Waals surface area contributed by atoms with Crippen LogP contribution >= 0.6 is 0 Å². The fraction of sp³-hybridized carbons (Fsp3) is 0.182. The number of aryl methyl sites for hydroxylation is 3. The highest BCUT2D eigenvalue weighted by atomic mass is 16.5. The molecule has 0 fully saturated rings. The van der Waals surface area contributed by atoms with Crippen LogP contribution in [0, 0.1) is 20.8 Å². The summed E-state index contributed by atoms with van der Waals surface area (Å²) in [5, 5.41) is 4.92. The molecule has 4 rings (SSSR count). The molecule has 0 amide bonds. The number of aromatic nitrogens is 3. The molecular weight excluding hydrogens is 338 g/mol. The Morgan fingerprint density at radius 2 is 1.93 bits per heavy atom. The Morgan fingerprint density at radius 1 is 1.11 bits per heavy atom. The number of Topliss-reactive ketones (excluding diaryl/α,β-unsaturated/α-hetero) is 1. The second-order valence-electron chi connectivity index (χ2n) is 6.76. The largest absolute Gasteiger partial charge is 0.361 e. The van der Waals surface area contributed by atoms with Crippen LogP contribution in [0.2, 0.25) is 0 Å². The smallest absolute Gasteiger partial charge is 0.160 e. The molecule has 1 aromatic carbocycles. The predicted molar refractivity (Wildman–Crippen MR) is 105 cm³/mol. The van der Waals surface area contributed by atoms with Crippen LogP contribution in [0.4, 0.5) is 0 Å². The van der Waals surface area contributed by atoms with Crippen molar-refractivity contribution >= 4 is 16.7 Å². The number of carbonyl (C=O) groups is 1. The molecule has 0 unspecified atom stereocenters. The normalized spacial score (nSPS) is 11.1. The molecule has 0 saturated heterocycles. The molecule has 5 nitrogen and oxygen atoms in total. The number of fused-ring (bicyclic) bond motifs is 1. The third-order valence-electron chi connectivity index (χ3n) is 4.70. The lowest BCUT2D eigenvalue weighted by molar-refractivity contribution is 0.101. The first-order chi connectivity index (χ1) is 13.0. The van der Waals surface area contributed by atoms with E-state index in [-0.39, 0.29) is 5.78 Å². The second-order valence-corrected chi connectivity index (χ2v) is 6.76. The minimum absolute atomic E-state index is 0.0210. The van der Waals surface area contributed by atoms with E-state index in [1.807, 2.05) is 51.1 Å². The number of carbonyl (C=O) groups excluding carboxylic acids is 1. The standard InChI is InChI=1S/C22H19N3O2/c1-12-8-17(14(3)26)19-10-18(16-6-5-7-23-11-16)22(24-20(19)9-12)21-13(2)25-27-15(21)4/h5-11H,1-4H3. The molecule has 0 bridgehead atoms. The summed E-state index contributed by atoms with van der Waals surface area (Å²) in [5.41, 5.74) is 6.72. The first-order valence-corrected chi connectivity index (χ1v) is 8.75. The maximum Gasteiger partial charge on any atom is 0.160 e. The third-order valence-corrected chi connectivity index (χ3v) is 4.70. The average molecular weight is 357 g/mol. The van der Waals surface area contributed by atoms with E-state index in [4.69, 9.17) is 9.51 Å². The van der Waals surface area contributed by atoms with Gasteiger partial charge in [-0.05, 0) is 57.5 Å². The molecule has 0 N–H and O–H groups in total. The molecule has 5 heteroatoms. The van der Waals surface area contributed by atoms with Crippen LogP contribution in [0.1, 0.15) is 34.3 Å². The van der Waals surface area contributed by atoms with Crippen LogP contribution in [-0.4, -0.2) is 20.9 Å². The van der Waals surface area contributed by atoms with Gasteiger partial charge >= 0.3 is 0 Å². The number of nitrogens with zero attached hydrogens (tertiary/aromatic N) is 3. The van der Waals surface area contributed by atoms with Gasteiger partial charge in [-0.15, -0.1) is 0 Å². The lowest BCUT2D eigenvalue weighted by atomic mass is 9.94. The Hall–Kier alpha value is -3.34. The number of hydrogen-bond acceptors (Lipinski definition) is 5. The number of rotatable bonds is 3. The summed E-state index contributed by atoms with van der Waals surface area (Å²) in [4.78, 5) is 21.4. The molecule has 0 aliphatic carbocycles. The van der Waals surface area contributed by atoms with Crippen molar-refractivity contribution in [1.29, 1.82) is 0 Å². The minimum atomic E-state index is 0.0210. The lowest BCUT2D eigenvalue weighted by Crippen LogP contribution is -1.99. The van der Waals surface area contributed by atoms with E-state index >= 15 is 0 Å². The van der Waals surface area contributed by atoms with Crippen molar-refractivity contribution in [2.24, 2.45) is 0 Å².